The fourth-order valence-corrected chi connectivity index (χ4v) is 2.05. The van der Waals surface area contributed by atoms with E-state index in [2.05, 4.69) is 10.3 Å². The summed E-state index contributed by atoms with van der Waals surface area (Å²) in [7, 11) is 0. The van der Waals surface area contributed by atoms with E-state index >= 15 is 0 Å². The number of benzene rings is 3. The first-order valence-corrected chi connectivity index (χ1v) is 7.18. The molecule has 114 valence electrons. The molecule has 0 fully saturated rings. The molecule has 0 saturated heterocycles. The molecular weight excluding hydrogens is 288 g/mol. The number of hydrogen-bond acceptors (Lipinski definition) is 4. The van der Waals surface area contributed by atoms with Gasteiger partial charge in [-0.15, -0.1) is 0 Å². The Labute approximate surface area is 134 Å². The summed E-state index contributed by atoms with van der Waals surface area (Å²) >= 11 is 0. The van der Waals surface area contributed by atoms with Gasteiger partial charge in [0.2, 0.25) is 0 Å². The SMILES string of the molecule is Oc1ccc(N=Cc2ccc(Nc3ccc(O)cc3)cc2)cc1. The Bertz CT molecular complexity index is 792. The van der Waals surface area contributed by atoms with Crippen LogP contribution in [-0.2, 0) is 0 Å². The van der Waals surface area contributed by atoms with E-state index < -0.39 is 0 Å². The molecule has 0 atom stereocenters. The van der Waals surface area contributed by atoms with Crippen LogP contribution in [0.2, 0.25) is 0 Å². The van der Waals surface area contributed by atoms with E-state index in [9.17, 15) is 10.2 Å². The number of nitrogens with one attached hydrogen (secondary N) is 1. The molecule has 23 heavy (non-hydrogen) atoms. The monoisotopic (exact) mass is 304 g/mol. The molecule has 0 bridgehead atoms. The van der Waals surface area contributed by atoms with Crippen LogP contribution < -0.4 is 5.32 Å². The highest BCUT2D eigenvalue weighted by Crippen LogP contribution is 2.20. The lowest BCUT2D eigenvalue weighted by Crippen LogP contribution is -1.90. The fraction of sp³-hybridized carbons (Fsp3) is 0. The van der Waals surface area contributed by atoms with Crippen LogP contribution in [0.25, 0.3) is 0 Å². The minimum atomic E-state index is 0.230. The zero-order valence-corrected chi connectivity index (χ0v) is 12.3. The van der Waals surface area contributed by atoms with E-state index in [-0.39, 0.29) is 11.5 Å². The first-order valence-electron chi connectivity index (χ1n) is 7.18. The molecular formula is C19H16N2O2. The molecule has 4 heteroatoms. The highest BCUT2D eigenvalue weighted by Gasteiger charge is 1.96. The van der Waals surface area contributed by atoms with Crippen LogP contribution in [0.15, 0.2) is 77.8 Å². The molecule has 0 radical (unpaired) electrons. The molecule has 3 N–H and O–H groups in total. The Morgan fingerprint density at radius 2 is 1.13 bits per heavy atom. The van der Waals surface area contributed by atoms with Gasteiger partial charge < -0.3 is 15.5 Å². The summed E-state index contributed by atoms with van der Waals surface area (Å²) < 4.78 is 0. The van der Waals surface area contributed by atoms with E-state index in [1.54, 1.807) is 42.6 Å². The molecule has 3 rings (SSSR count). The van der Waals surface area contributed by atoms with Gasteiger partial charge in [0.1, 0.15) is 11.5 Å². The molecule has 0 aliphatic carbocycles. The van der Waals surface area contributed by atoms with Gasteiger partial charge in [-0.2, -0.15) is 0 Å². The maximum Gasteiger partial charge on any atom is 0.115 e. The lowest BCUT2D eigenvalue weighted by molar-refractivity contribution is 0.475. The normalized spacial score (nSPS) is 10.8. The standard InChI is InChI=1S/C19H16N2O2/c22-18-9-5-15(6-10-18)20-13-14-1-3-16(4-2-14)21-17-7-11-19(23)12-8-17/h1-13,21-23H. The molecule has 0 spiro atoms. The van der Waals surface area contributed by atoms with Crippen LogP contribution in [0.3, 0.4) is 0 Å². The summed E-state index contributed by atoms with van der Waals surface area (Å²) in [6.45, 7) is 0. The average molecular weight is 304 g/mol. The predicted octanol–water partition coefficient (Wildman–Crippen LogP) is 4.59. The summed E-state index contributed by atoms with van der Waals surface area (Å²) in [6.07, 6.45) is 1.77. The summed E-state index contributed by atoms with van der Waals surface area (Å²) in [5.41, 5.74) is 3.63. The number of aliphatic imine (C=N–C) groups is 1. The minimum absolute atomic E-state index is 0.230. The van der Waals surface area contributed by atoms with Gasteiger partial charge in [-0.25, -0.2) is 0 Å². The fourth-order valence-electron chi connectivity index (χ4n) is 2.05. The maximum absolute atomic E-state index is 9.27. The largest absolute Gasteiger partial charge is 0.508 e. The van der Waals surface area contributed by atoms with E-state index in [1.807, 2.05) is 36.4 Å². The molecule has 3 aromatic rings. The van der Waals surface area contributed by atoms with Crippen LogP contribution >= 0.6 is 0 Å². The quantitative estimate of drug-likeness (QED) is 0.488. The Balaban J connectivity index is 1.67. The molecule has 0 aromatic heterocycles. The smallest absolute Gasteiger partial charge is 0.115 e. The number of phenolic OH excluding ortho intramolecular Hbond substituents is 2. The van der Waals surface area contributed by atoms with E-state index in [1.165, 1.54) is 0 Å². The Morgan fingerprint density at radius 3 is 1.70 bits per heavy atom. The third-order valence-electron chi connectivity index (χ3n) is 3.28. The third kappa shape index (κ3) is 4.11. The van der Waals surface area contributed by atoms with Crippen molar-refractivity contribution in [2.24, 2.45) is 4.99 Å². The Kier molecular flexibility index (Phi) is 4.25. The zero-order valence-electron chi connectivity index (χ0n) is 12.3. The van der Waals surface area contributed by atoms with Gasteiger partial charge in [-0.3, -0.25) is 4.99 Å². The predicted molar refractivity (Wildman–Crippen MR) is 93.2 cm³/mol. The number of aromatic hydroxyl groups is 2. The van der Waals surface area contributed by atoms with Crippen molar-refractivity contribution < 1.29 is 10.2 Å². The highest BCUT2D eigenvalue weighted by atomic mass is 16.3. The van der Waals surface area contributed by atoms with Crippen molar-refractivity contribution in [1.29, 1.82) is 0 Å². The summed E-state index contributed by atoms with van der Waals surface area (Å²) in [5.74, 6) is 0.477. The van der Waals surface area contributed by atoms with Gasteiger partial charge in [-0.1, -0.05) is 12.1 Å². The van der Waals surface area contributed by atoms with Crippen LogP contribution in [0.5, 0.6) is 11.5 Å². The van der Waals surface area contributed by atoms with Crippen LogP contribution in [0, 0.1) is 0 Å². The molecule has 0 unspecified atom stereocenters. The van der Waals surface area contributed by atoms with Gasteiger partial charge in [0, 0.05) is 17.6 Å². The van der Waals surface area contributed by atoms with E-state index in [0.29, 0.717) is 0 Å². The molecule has 0 aliphatic rings. The van der Waals surface area contributed by atoms with Crippen molar-refractivity contribution in [2.75, 3.05) is 5.32 Å². The highest BCUT2D eigenvalue weighted by molar-refractivity contribution is 5.82. The number of hydrogen-bond donors (Lipinski definition) is 3. The molecule has 0 saturated carbocycles. The Hall–Kier alpha value is -3.27. The van der Waals surface area contributed by atoms with Crippen molar-refractivity contribution in [3.63, 3.8) is 0 Å². The molecule has 0 aliphatic heterocycles. The van der Waals surface area contributed by atoms with Gasteiger partial charge in [0.25, 0.3) is 0 Å². The third-order valence-corrected chi connectivity index (χ3v) is 3.28. The lowest BCUT2D eigenvalue weighted by atomic mass is 10.2. The van der Waals surface area contributed by atoms with Gasteiger partial charge in [-0.05, 0) is 66.2 Å². The molecule has 4 nitrogen and oxygen atoms in total. The second-order valence-electron chi connectivity index (χ2n) is 5.07. The minimum Gasteiger partial charge on any atom is -0.508 e. The topological polar surface area (TPSA) is 64.9 Å². The van der Waals surface area contributed by atoms with Crippen molar-refractivity contribution >= 4 is 23.3 Å². The molecule has 0 heterocycles. The van der Waals surface area contributed by atoms with Crippen molar-refractivity contribution in [3.05, 3.63) is 78.4 Å². The molecule has 0 amide bonds. The first kappa shape index (κ1) is 14.7. The number of phenols is 2. The number of rotatable bonds is 4. The van der Waals surface area contributed by atoms with Gasteiger partial charge in [0.15, 0.2) is 0 Å². The lowest BCUT2D eigenvalue weighted by Gasteiger charge is -2.06. The van der Waals surface area contributed by atoms with Gasteiger partial charge >= 0.3 is 0 Å². The van der Waals surface area contributed by atoms with Crippen molar-refractivity contribution in [3.8, 4) is 11.5 Å². The van der Waals surface area contributed by atoms with Crippen molar-refractivity contribution in [2.45, 2.75) is 0 Å². The second-order valence-corrected chi connectivity index (χ2v) is 5.07. The number of nitrogens with zero attached hydrogens (tertiary/aromatic N) is 1. The van der Waals surface area contributed by atoms with Crippen LogP contribution in [0.4, 0.5) is 17.1 Å². The first-order chi connectivity index (χ1) is 11.2. The van der Waals surface area contributed by atoms with Crippen molar-refractivity contribution in [1.82, 2.24) is 0 Å². The van der Waals surface area contributed by atoms with Crippen LogP contribution in [-0.4, -0.2) is 16.4 Å². The van der Waals surface area contributed by atoms with E-state index in [0.717, 1.165) is 22.6 Å². The van der Waals surface area contributed by atoms with Gasteiger partial charge in [0.05, 0.1) is 5.69 Å². The Morgan fingerprint density at radius 1 is 0.652 bits per heavy atom. The van der Waals surface area contributed by atoms with E-state index in [4.69, 9.17) is 0 Å². The maximum atomic E-state index is 9.27. The van der Waals surface area contributed by atoms with Crippen LogP contribution in [0.1, 0.15) is 5.56 Å². The zero-order chi connectivity index (χ0) is 16.1. The summed E-state index contributed by atoms with van der Waals surface area (Å²) in [6, 6.07) is 21.5. The summed E-state index contributed by atoms with van der Waals surface area (Å²) in [4.78, 5) is 4.36. The second kappa shape index (κ2) is 6.66. The molecule has 3 aromatic carbocycles. The number of anilines is 2. The summed E-state index contributed by atoms with van der Waals surface area (Å²) in [5, 5.41) is 21.8. The average Bonchev–Trinajstić information content (AvgIpc) is 2.58.